The van der Waals surface area contributed by atoms with E-state index >= 15 is 0 Å². The minimum Gasteiger partial charge on any atom is -0.491 e. The molecule has 2 heterocycles. The molecule has 20 heavy (non-hydrogen) atoms. The van der Waals surface area contributed by atoms with Crippen molar-refractivity contribution in [2.75, 3.05) is 19.8 Å². The Kier molecular flexibility index (Phi) is 2.86. The number of hydrogen-bond donors (Lipinski definition) is 0. The van der Waals surface area contributed by atoms with Crippen molar-refractivity contribution < 1.29 is 9.47 Å². The van der Waals surface area contributed by atoms with E-state index in [1.54, 1.807) is 6.20 Å². The number of hydrogen-bond acceptors (Lipinski definition) is 3. The third-order valence-corrected chi connectivity index (χ3v) is 4.79. The quantitative estimate of drug-likeness (QED) is 0.863. The molecule has 1 aliphatic heterocycles. The molecule has 1 spiro atoms. The van der Waals surface area contributed by atoms with E-state index in [1.807, 2.05) is 24.3 Å². The lowest BCUT2D eigenvalue weighted by molar-refractivity contribution is 0.173. The van der Waals surface area contributed by atoms with Crippen molar-refractivity contribution in [2.45, 2.75) is 12.8 Å². The van der Waals surface area contributed by atoms with Gasteiger partial charge in [-0.25, -0.2) is 0 Å². The van der Waals surface area contributed by atoms with Crippen LogP contribution in [0.3, 0.4) is 0 Å². The van der Waals surface area contributed by atoms with Gasteiger partial charge in [-0.05, 0) is 25.0 Å². The maximum atomic E-state index is 6.15. The van der Waals surface area contributed by atoms with Gasteiger partial charge in [0.25, 0.3) is 0 Å². The van der Waals surface area contributed by atoms with E-state index < -0.39 is 0 Å². The fourth-order valence-electron chi connectivity index (χ4n) is 3.20. The first-order valence-corrected chi connectivity index (χ1v) is 7.39. The third kappa shape index (κ3) is 2.05. The van der Waals surface area contributed by atoms with Crippen molar-refractivity contribution in [3.63, 3.8) is 0 Å². The molecule has 2 aromatic rings. The van der Waals surface area contributed by atoms with Gasteiger partial charge in [-0.1, -0.05) is 17.7 Å². The maximum Gasteiger partial charge on any atom is 0.147 e. The first-order valence-electron chi connectivity index (χ1n) is 7.02. The Morgan fingerprint density at radius 2 is 2.40 bits per heavy atom. The molecule has 1 saturated heterocycles. The molecule has 2 atom stereocenters. The van der Waals surface area contributed by atoms with Gasteiger partial charge in [0.15, 0.2) is 0 Å². The highest BCUT2D eigenvalue weighted by Crippen LogP contribution is 2.57. The Morgan fingerprint density at radius 3 is 3.25 bits per heavy atom. The number of rotatable bonds is 3. The highest BCUT2D eigenvalue weighted by molar-refractivity contribution is 6.31. The van der Waals surface area contributed by atoms with Crippen LogP contribution in [0.2, 0.25) is 5.02 Å². The van der Waals surface area contributed by atoms with Gasteiger partial charge in [0, 0.05) is 40.6 Å². The van der Waals surface area contributed by atoms with Crippen LogP contribution in [-0.4, -0.2) is 24.8 Å². The van der Waals surface area contributed by atoms with Crippen LogP contribution in [-0.2, 0) is 4.74 Å². The second kappa shape index (κ2) is 4.61. The summed E-state index contributed by atoms with van der Waals surface area (Å²) < 4.78 is 11.5. The molecular weight excluding hydrogens is 274 g/mol. The van der Waals surface area contributed by atoms with Crippen LogP contribution in [0.1, 0.15) is 12.8 Å². The van der Waals surface area contributed by atoms with E-state index in [2.05, 4.69) is 4.98 Å². The van der Waals surface area contributed by atoms with Crippen LogP contribution in [0, 0.1) is 11.3 Å². The van der Waals surface area contributed by atoms with Crippen molar-refractivity contribution in [2.24, 2.45) is 11.3 Å². The second-order valence-corrected chi connectivity index (χ2v) is 6.29. The van der Waals surface area contributed by atoms with E-state index in [4.69, 9.17) is 21.1 Å². The number of ether oxygens (including phenoxy) is 2. The fraction of sp³-hybridized carbons (Fsp3) is 0.438. The fourth-order valence-corrected chi connectivity index (χ4v) is 3.41. The standard InChI is InChI=1S/C16H16ClNO2/c17-13-6-11-2-1-4-18-15(11)14(7-13)20-9-12-8-16(12)3-5-19-10-16/h1-2,4,6-7,12H,3,5,8-10H2. The van der Waals surface area contributed by atoms with Gasteiger partial charge in [-0.3, -0.25) is 4.98 Å². The predicted octanol–water partition coefficient (Wildman–Crippen LogP) is 3.69. The first kappa shape index (κ1) is 12.4. The van der Waals surface area contributed by atoms with E-state index in [0.29, 0.717) is 16.4 Å². The zero-order chi connectivity index (χ0) is 13.6. The van der Waals surface area contributed by atoms with E-state index in [0.717, 1.165) is 36.5 Å². The smallest absolute Gasteiger partial charge is 0.147 e. The summed E-state index contributed by atoms with van der Waals surface area (Å²) >= 11 is 6.15. The molecule has 2 aliphatic rings. The summed E-state index contributed by atoms with van der Waals surface area (Å²) in [5.41, 5.74) is 1.29. The average Bonchev–Trinajstić information content (AvgIpc) is 2.89. The molecule has 0 bridgehead atoms. The summed E-state index contributed by atoms with van der Waals surface area (Å²) in [5, 5.41) is 1.71. The topological polar surface area (TPSA) is 31.4 Å². The number of aromatic nitrogens is 1. The summed E-state index contributed by atoms with van der Waals surface area (Å²) in [6.07, 6.45) is 4.18. The maximum absolute atomic E-state index is 6.15. The SMILES string of the molecule is Clc1cc(OCC2CC23CCOC3)c2ncccc2c1. The van der Waals surface area contributed by atoms with E-state index in [9.17, 15) is 0 Å². The van der Waals surface area contributed by atoms with Crippen LogP contribution in [0.4, 0.5) is 0 Å². The molecule has 0 N–H and O–H groups in total. The van der Waals surface area contributed by atoms with Gasteiger partial charge in [0.2, 0.25) is 0 Å². The molecule has 0 radical (unpaired) electrons. The van der Waals surface area contributed by atoms with Crippen LogP contribution in [0.15, 0.2) is 30.5 Å². The first-order chi connectivity index (χ1) is 9.77. The molecule has 2 fully saturated rings. The van der Waals surface area contributed by atoms with Crippen molar-refractivity contribution in [1.29, 1.82) is 0 Å². The Morgan fingerprint density at radius 1 is 1.45 bits per heavy atom. The van der Waals surface area contributed by atoms with Crippen LogP contribution >= 0.6 is 11.6 Å². The molecular formula is C16H16ClNO2. The monoisotopic (exact) mass is 289 g/mol. The number of halogens is 1. The van der Waals surface area contributed by atoms with Crippen molar-refractivity contribution >= 4 is 22.5 Å². The summed E-state index contributed by atoms with van der Waals surface area (Å²) in [7, 11) is 0. The molecule has 2 unspecified atom stereocenters. The lowest BCUT2D eigenvalue weighted by Gasteiger charge is -2.11. The van der Waals surface area contributed by atoms with Crippen molar-refractivity contribution in [3.8, 4) is 5.75 Å². The Balaban J connectivity index is 1.54. The zero-order valence-electron chi connectivity index (χ0n) is 11.1. The van der Waals surface area contributed by atoms with Crippen LogP contribution in [0.25, 0.3) is 10.9 Å². The van der Waals surface area contributed by atoms with Gasteiger partial charge < -0.3 is 9.47 Å². The minimum atomic E-state index is 0.405. The molecule has 4 heteroatoms. The van der Waals surface area contributed by atoms with Crippen LogP contribution < -0.4 is 4.74 Å². The molecule has 1 saturated carbocycles. The van der Waals surface area contributed by atoms with Crippen molar-refractivity contribution in [3.05, 3.63) is 35.5 Å². The number of fused-ring (bicyclic) bond motifs is 1. The van der Waals surface area contributed by atoms with E-state index in [1.165, 1.54) is 12.8 Å². The van der Waals surface area contributed by atoms with Gasteiger partial charge in [-0.2, -0.15) is 0 Å². The normalized spacial score (nSPS) is 28.1. The summed E-state index contributed by atoms with van der Waals surface area (Å²) in [5.74, 6) is 1.40. The largest absolute Gasteiger partial charge is 0.491 e. The van der Waals surface area contributed by atoms with E-state index in [-0.39, 0.29) is 0 Å². The Labute approximate surface area is 122 Å². The predicted molar refractivity (Wildman–Crippen MR) is 78.2 cm³/mol. The Bertz CT molecular complexity index is 652. The lowest BCUT2D eigenvalue weighted by atomic mass is 10.0. The molecule has 1 aromatic heterocycles. The van der Waals surface area contributed by atoms with Crippen molar-refractivity contribution in [1.82, 2.24) is 4.98 Å². The van der Waals surface area contributed by atoms with Gasteiger partial charge in [0.1, 0.15) is 11.3 Å². The average molecular weight is 290 g/mol. The molecule has 1 aromatic carbocycles. The van der Waals surface area contributed by atoms with Gasteiger partial charge in [0.05, 0.1) is 13.2 Å². The zero-order valence-corrected chi connectivity index (χ0v) is 11.9. The molecule has 104 valence electrons. The summed E-state index contributed by atoms with van der Waals surface area (Å²) in [4.78, 5) is 4.40. The minimum absolute atomic E-state index is 0.405. The molecule has 1 aliphatic carbocycles. The second-order valence-electron chi connectivity index (χ2n) is 5.86. The third-order valence-electron chi connectivity index (χ3n) is 4.57. The highest BCUT2D eigenvalue weighted by atomic mass is 35.5. The lowest BCUT2D eigenvalue weighted by Crippen LogP contribution is -2.09. The molecule has 3 nitrogen and oxygen atoms in total. The molecule has 0 amide bonds. The summed E-state index contributed by atoms with van der Waals surface area (Å²) in [6.45, 7) is 2.53. The highest BCUT2D eigenvalue weighted by Gasteiger charge is 2.56. The Hall–Kier alpha value is -1.32. The van der Waals surface area contributed by atoms with Crippen LogP contribution in [0.5, 0.6) is 5.75 Å². The number of pyridine rings is 1. The van der Waals surface area contributed by atoms with Gasteiger partial charge >= 0.3 is 0 Å². The molecule has 4 rings (SSSR count). The summed E-state index contributed by atoms with van der Waals surface area (Å²) in [6, 6.07) is 7.69. The number of nitrogens with zero attached hydrogens (tertiary/aromatic N) is 1. The van der Waals surface area contributed by atoms with Gasteiger partial charge in [-0.15, -0.1) is 0 Å². The number of benzene rings is 1.